The van der Waals surface area contributed by atoms with Crippen LogP contribution < -0.4 is 0 Å². The van der Waals surface area contributed by atoms with Crippen molar-refractivity contribution in [1.29, 1.82) is 5.26 Å². The van der Waals surface area contributed by atoms with E-state index >= 15 is 0 Å². The third kappa shape index (κ3) is 1.90. The Labute approximate surface area is 95.6 Å². The maximum Gasteiger partial charge on any atom is 0.0735 e. The summed E-state index contributed by atoms with van der Waals surface area (Å²) in [7, 11) is 0. The SMILES string of the molecule is CC(C)C(C#N)c1ccc2ncccc2c1. The van der Waals surface area contributed by atoms with Crippen LogP contribution in [-0.2, 0) is 0 Å². The average Bonchev–Trinajstić information content (AvgIpc) is 2.29. The number of hydrogen-bond acceptors (Lipinski definition) is 2. The second-order valence-electron chi connectivity index (χ2n) is 4.31. The van der Waals surface area contributed by atoms with Crippen molar-refractivity contribution < 1.29 is 0 Å². The predicted octanol–water partition coefficient (Wildman–Crippen LogP) is 3.50. The summed E-state index contributed by atoms with van der Waals surface area (Å²) in [5.74, 6) is 0.295. The van der Waals surface area contributed by atoms with Gasteiger partial charge in [-0.25, -0.2) is 0 Å². The second kappa shape index (κ2) is 4.32. The topological polar surface area (TPSA) is 36.7 Å². The molecule has 0 bridgehead atoms. The van der Waals surface area contributed by atoms with E-state index in [1.165, 1.54) is 0 Å². The van der Waals surface area contributed by atoms with Crippen molar-refractivity contribution in [1.82, 2.24) is 4.98 Å². The van der Waals surface area contributed by atoms with Gasteiger partial charge in [-0.2, -0.15) is 5.26 Å². The fourth-order valence-corrected chi connectivity index (χ4v) is 1.90. The smallest absolute Gasteiger partial charge is 0.0735 e. The summed E-state index contributed by atoms with van der Waals surface area (Å²) in [6.45, 7) is 4.14. The molecule has 16 heavy (non-hydrogen) atoms. The van der Waals surface area contributed by atoms with Crippen LogP contribution in [0.25, 0.3) is 10.9 Å². The van der Waals surface area contributed by atoms with Gasteiger partial charge in [-0.15, -0.1) is 0 Å². The highest BCUT2D eigenvalue weighted by Gasteiger charge is 2.14. The summed E-state index contributed by atoms with van der Waals surface area (Å²) in [5, 5.41) is 10.3. The zero-order valence-electron chi connectivity index (χ0n) is 9.51. The number of fused-ring (bicyclic) bond motifs is 1. The van der Waals surface area contributed by atoms with E-state index in [0.717, 1.165) is 16.5 Å². The van der Waals surface area contributed by atoms with E-state index in [-0.39, 0.29) is 5.92 Å². The molecule has 1 unspecified atom stereocenters. The molecule has 0 saturated carbocycles. The van der Waals surface area contributed by atoms with Gasteiger partial charge in [0.05, 0.1) is 17.5 Å². The standard InChI is InChI=1S/C14H14N2/c1-10(2)13(9-15)11-5-6-14-12(8-11)4-3-7-16-14/h3-8,10,13H,1-2H3. The quantitative estimate of drug-likeness (QED) is 0.760. The maximum atomic E-state index is 9.16. The lowest BCUT2D eigenvalue weighted by molar-refractivity contribution is 0.588. The zero-order valence-corrected chi connectivity index (χ0v) is 9.51. The monoisotopic (exact) mass is 210 g/mol. The molecule has 2 nitrogen and oxygen atoms in total. The van der Waals surface area contributed by atoms with Gasteiger partial charge in [0, 0.05) is 11.6 Å². The van der Waals surface area contributed by atoms with E-state index in [2.05, 4.69) is 31.0 Å². The van der Waals surface area contributed by atoms with Crippen LogP contribution in [0.15, 0.2) is 36.5 Å². The summed E-state index contributed by atoms with van der Waals surface area (Å²) >= 11 is 0. The molecule has 2 aromatic rings. The Morgan fingerprint density at radius 2 is 2.06 bits per heavy atom. The molecule has 1 aromatic heterocycles. The number of hydrogen-bond donors (Lipinski definition) is 0. The highest BCUT2D eigenvalue weighted by Crippen LogP contribution is 2.25. The average molecular weight is 210 g/mol. The van der Waals surface area contributed by atoms with Gasteiger partial charge in [0.2, 0.25) is 0 Å². The van der Waals surface area contributed by atoms with Crippen LogP contribution in [0.1, 0.15) is 25.3 Å². The molecule has 0 radical (unpaired) electrons. The van der Waals surface area contributed by atoms with E-state index in [9.17, 15) is 0 Å². The molecule has 2 rings (SSSR count). The number of pyridine rings is 1. The van der Waals surface area contributed by atoms with Gasteiger partial charge >= 0.3 is 0 Å². The normalized spacial score (nSPS) is 12.6. The summed E-state index contributed by atoms with van der Waals surface area (Å²) in [4.78, 5) is 4.27. The Morgan fingerprint density at radius 3 is 2.75 bits per heavy atom. The Kier molecular flexibility index (Phi) is 2.87. The third-order valence-electron chi connectivity index (χ3n) is 2.79. The highest BCUT2D eigenvalue weighted by atomic mass is 14.6. The van der Waals surface area contributed by atoms with Crippen molar-refractivity contribution in [3.8, 4) is 6.07 Å². The molecule has 1 heterocycles. The van der Waals surface area contributed by atoms with Crippen LogP contribution in [0.4, 0.5) is 0 Å². The van der Waals surface area contributed by atoms with Gasteiger partial charge in [0.25, 0.3) is 0 Å². The van der Waals surface area contributed by atoms with Gasteiger partial charge in [-0.3, -0.25) is 4.98 Å². The molecule has 80 valence electrons. The molecule has 0 aliphatic heterocycles. The van der Waals surface area contributed by atoms with E-state index in [0.29, 0.717) is 5.92 Å². The molecule has 0 amide bonds. The fourth-order valence-electron chi connectivity index (χ4n) is 1.90. The minimum atomic E-state index is -0.0374. The van der Waals surface area contributed by atoms with Gasteiger partial charge in [0.1, 0.15) is 0 Å². The van der Waals surface area contributed by atoms with E-state index in [4.69, 9.17) is 5.26 Å². The van der Waals surface area contributed by atoms with Crippen LogP contribution in [0.2, 0.25) is 0 Å². The predicted molar refractivity (Wildman–Crippen MR) is 64.9 cm³/mol. The van der Waals surface area contributed by atoms with Crippen molar-refractivity contribution in [2.75, 3.05) is 0 Å². The Hall–Kier alpha value is -1.88. The first-order valence-corrected chi connectivity index (χ1v) is 5.46. The number of rotatable bonds is 2. The van der Waals surface area contributed by atoms with Crippen LogP contribution >= 0.6 is 0 Å². The lowest BCUT2D eigenvalue weighted by Gasteiger charge is -2.13. The summed E-state index contributed by atoms with van der Waals surface area (Å²) in [5.41, 5.74) is 2.06. The van der Waals surface area contributed by atoms with Gasteiger partial charge in [0.15, 0.2) is 0 Å². The Balaban J connectivity index is 2.51. The van der Waals surface area contributed by atoms with Crippen molar-refractivity contribution in [3.05, 3.63) is 42.1 Å². The minimum absolute atomic E-state index is 0.0374. The molecule has 0 aliphatic rings. The zero-order chi connectivity index (χ0) is 11.5. The second-order valence-corrected chi connectivity index (χ2v) is 4.31. The molecular formula is C14H14N2. The molecule has 1 aromatic carbocycles. The molecule has 0 saturated heterocycles. The van der Waals surface area contributed by atoms with Gasteiger partial charge in [-0.05, 0) is 29.7 Å². The van der Waals surface area contributed by atoms with Crippen LogP contribution in [0, 0.1) is 17.2 Å². The van der Waals surface area contributed by atoms with Crippen molar-refractivity contribution in [2.24, 2.45) is 5.92 Å². The summed E-state index contributed by atoms with van der Waals surface area (Å²) in [6.07, 6.45) is 1.78. The van der Waals surface area contributed by atoms with Gasteiger partial charge < -0.3 is 0 Å². The maximum absolute atomic E-state index is 9.16. The van der Waals surface area contributed by atoms with Gasteiger partial charge in [-0.1, -0.05) is 26.0 Å². The molecule has 1 atom stereocenters. The first-order valence-electron chi connectivity index (χ1n) is 5.46. The third-order valence-corrected chi connectivity index (χ3v) is 2.79. The largest absolute Gasteiger partial charge is 0.256 e. The van der Waals surface area contributed by atoms with Crippen molar-refractivity contribution in [3.63, 3.8) is 0 Å². The minimum Gasteiger partial charge on any atom is -0.256 e. The fraction of sp³-hybridized carbons (Fsp3) is 0.286. The van der Waals surface area contributed by atoms with E-state index in [1.807, 2.05) is 24.3 Å². The number of nitrogens with zero attached hydrogens (tertiary/aromatic N) is 2. The van der Waals surface area contributed by atoms with Crippen LogP contribution in [-0.4, -0.2) is 4.98 Å². The number of nitriles is 1. The lowest BCUT2D eigenvalue weighted by atomic mass is 9.89. The van der Waals surface area contributed by atoms with Crippen LogP contribution in [0.3, 0.4) is 0 Å². The first-order chi connectivity index (χ1) is 7.72. The van der Waals surface area contributed by atoms with E-state index < -0.39 is 0 Å². The molecule has 0 spiro atoms. The summed E-state index contributed by atoms with van der Waals surface area (Å²) < 4.78 is 0. The van der Waals surface area contributed by atoms with E-state index in [1.54, 1.807) is 6.20 Å². The molecule has 0 fully saturated rings. The highest BCUT2D eigenvalue weighted by molar-refractivity contribution is 5.79. The lowest BCUT2D eigenvalue weighted by Crippen LogP contribution is -2.03. The van der Waals surface area contributed by atoms with Crippen molar-refractivity contribution >= 4 is 10.9 Å². The Bertz CT molecular complexity index is 538. The molecule has 0 aliphatic carbocycles. The first kappa shape index (κ1) is 10.6. The Morgan fingerprint density at radius 1 is 1.25 bits per heavy atom. The molecular weight excluding hydrogens is 196 g/mol. The number of aromatic nitrogens is 1. The molecule has 2 heteroatoms. The van der Waals surface area contributed by atoms with Crippen molar-refractivity contribution in [2.45, 2.75) is 19.8 Å². The molecule has 0 N–H and O–H groups in total. The number of benzene rings is 1. The van der Waals surface area contributed by atoms with Crippen LogP contribution in [0.5, 0.6) is 0 Å². The summed E-state index contributed by atoms with van der Waals surface area (Å²) in [6, 6.07) is 12.4.